The molecule has 146 valence electrons. The largest absolute Gasteiger partial charge is 0.396 e. The molecule has 1 aliphatic heterocycles. The Balaban J connectivity index is 2.24. The van der Waals surface area contributed by atoms with Crippen molar-refractivity contribution < 1.29 is 24.4 Å². The molecule has 1 N–H and O–H groups in total. The van der Waals surface area contributed by atoms with Gasteiger partial charge in [-0.3, -0.25) is 24.6 Å². The Kier molecular flexibility index (Phi) is 7.52. The van der Waals surface area contributed by atoms with Crippen LogP contribution in [0, 0.1) is 10.1 Å². The highest BCUT2D eigenvalue weighted by atomic mass is 32.2. The zero-order valence-corrected chi connectivity index (χ0v) is 16.0. The van der Waals surface area contributed by atoms with E-state index in [0.717, 1.165) is 11.8 Å². The number of nitrogens with zero attached hydrogens (tertiary/aromatic N) is 2. The molecule has 1 heterocycles. The van der Waals surface area contributed by atoms with Gasteiger partial charge in [-0.05, 0) is 38.0 Å². The van der Waals surface area contributed by atoms with Crippen molar-refractivity contribution in [3.63, 3.8) is 0 Å². The number of aliphatic hydroxyl groups excluding tert-OH is 1. The number of carbonyl (C=O) groups is 2. The zero-order valence-electron chi connectivity index (χ0n) is 15.2. The first-order valence-electron chi connectivity index (χ1n) is 8.57. The number of rotatable bonds is 10. The fraction of sp³-hybridized carbons (Fsp3) is 0.444. The maximum absolute atomic E-state index is 12.8. The van der Waals surface area contributed by atoms with Crippen molar-refractivity contribution in [3.05, 3.63) is 44.8 Å². The summed E-state index contributed by atoms with van der Waals surface area (Å²) in [6.07, 6.45) is 0.584. The van der Waals surface area contributed by atoms with Crippen molar-refractivity contribution in [2.24, 2.45) is 0 Å². The number of hydrogen-bond donors (Lipinski definition) is 1. The molecule has 0 unspecified atom stereocenters. The number of amides is 2. The molecule has 0 saturated carbocycles. The Labute approximate surface area is 161 Å². The predicted octanol–water partition coefficient (Wildman–Crippen LogP) is 2.22. The predicted molar refractivity (Wildman–Crippen MR) is 102 cm³/mol. The van der Waals surface area contributed by atoms with Gasteiger partial charge >= 0.3 is 0 Å². The zero-order chi connectivity index (χ0) is 20.0. The van der Waals surface area contributed by atoms with Crippen LogP contribution in [0.2, 0.25) is 0 Å². The van der Waals surface area contributed by atoms with Crippen LogP contribution >= 0.6 is 11.8 Å². The van der Waals surface area contributed by atoms with Gasteiger partial charge in [-0.15, -0.1) is 11.8 Å². The number of nitro groups is 1. The van der Waals surface area contributed by atoms with Crippen molar-refractivity contribution in [2.45, 2.75) is 26.4 Å². The number of nitro benzene ring substituents is 1. The van der Waals surface area contributed by atoms with Crippen LogP contribution in [-0.4, -0.2) is 58.4 Å². The van der Waals surface area contributed by atoms with Crippen LogP contribution in [-0.2, 0) is 14.3 Å². The Bertz CT molecular complexity index is 745. The highest BCUT2D eigenvalue weighted by Crippen LogP contribution is 2.36. The van der Waals surface area contributed by atoms with Gasteiger partial charge in [-0.1, -0.05) is 0 Å². The van der Waals surface area contributed by atoms with Gasteiger partial charge in [-0.25, -0.2) is 0 Å². The van der Waals surface area contributed by atoms with Crippen LogP contribution < -0.4 is 0 Å². The monoisotopic (exact) mass is 394 g/mol. The molecule has 1 aromatic rings. The van der Waals surface area contributed by atoms with E-state index in [-0.39, 0.29) is 41.2 Å². The Morgan fingerprint density at radius 2 is 1.89 bits per heavy atom. The molecule has 8 nitrogen and oxygen atoms in total. The molecule has 1 aliphatic rings. The summed E-state index contributed by atoms with van der Waals surface area (Å²) in [6, 6.07) is 5.52. The number of aliphatic hydroxyl groups is 1. The third-order valence-corrected chi connectivity index (χ3v) is 4.86. The first kappa shape index (κ1) is 21.1. The molecule has 27 heavy (non-hydrogen) atoms. The van der Waals surface area contributed by atoms with E-state index in [0.29, 0.717) is 18.6 Å². The molecule has 1 aromatic carbocycles. The average Bonchev–Trinajstić information content (AvgIpc) is 2.87. The molecule has 0 bridgehead atoms. The van der Waals surface area contributed by atoms with E-state index in [1.807, 2.05) is 13.8 Å². The van der Waals surface area contributed by atoms with E-state index in [9.17, 15) is 19.7 Å². The smallest absolute Gasteiger partial charge is 0.269 e. The molecule has 0 spiro atoms. The second kappa shape index (κ2) is 9.63. The van der Waals surface area contributed by atoms with Gasteiger partial charge in [0.05, 0.1) is 28.1 Å². The number of benzene rings is 1. The second-order valence-electron chi connectivity index (χ2n) is 6.12. The number of carbonyl (C=O) groups excluding carboxylic acids is 2. The molecule has 0 aliphatic carbocycles. The van der Waals surface area contributed by atoms with Gasteiger partial charge in [0, 0.05) is 31.0 Å². The topological polar surface area (TPSA) is 110 Å². The molecule has 0 radical (unpaired) electrons. The van der Waals surface area contributed by atoms with E-state index >= 15 is 0 Å². The molecular formula is C18H22N2O6S. The highest BCUT2D eigenvalue weighted by molar-refractivity contribution is 8.04. The van der Waals surface area contributed by atoms with Gasteiger partial charge in [0.1, 0.15) is 0 Å². The van der Waals surface area contributed by atoms with Crippen molar-refractivity contribution >= 4 is 34.8 Å². The maximum Gasteiger partial charge on any atom is 0.269 e. The fourth-order valence-corrected chi connectivity index (χ4v) is 3.46. The van der Waals surface area contributed by atoms with E-state index in [1.54, 1.807) is 0 Å². The Morgan fingerprint density at radius 1 is 1.22 bits per heavy atom. The van der Waals surface area contributed by atoms with Crippen molar-refractivity contribution in [3.8, 4) is 0 Å². The van der Waals surface area contributed by atoms with Crippen LogP contribution in [0.25, 0.3) is 5.57 Å². The summed E-state index contributed by atoms with van der Waals surface area (Å²) in [4.78, 5) is 37.3. The van der Waals surface area contributed by atoms with E-state index in [4.69, 9.17) is 9.84 Å². The minimum absolute atomic E-state index is 0.0689. The molecule has 2 rings (SSSR count). The third kappa shape index (κ3) is 5.15. The number of ether oxygens (including phenoxy) is 1. The first-order chi connectivity index (χ1) is 12.9. The van der Waals surface area contributed by atoms with Gasteiger partial charge < -0.3 is 9.84 Å². The van der Waals surface area contributed by atoms with E-state index in [1.165, 1.54) is 29.2 Å². The minimum atomic E-state index is -0.526. The molecule has 9 heteroatoms. The first-order valence-corrected chi connectivity index (χ1v) is 9.56. The molecule has 0 saturated heterocycles. The Morgan fingerprint density at radius 3 is 2.44 bits per heavy atom. The van der Waals surface area contributed by atoms with Crippen LogP contribution in [0.5, 0.6) is 0 Å². The summed E-state index contributed by atoms with van der Waals surface area (Å²) >= 11 is 1.11. The molecule has 2 amide bonds. The summed E-state index contributed by atoms with van der Waals surface area (Å²) in [6.45, 7) is 4.34. The minimum Gasteiger partial charge on any atom is -0.396 e. The Hall–Kier alpha value is -2.23. The number of thioether (sulfide) groups is 1. The lowest BCUT2D eigenvalue weighted by Gasteiger charge is -2.15. The summed E-state index contributed by atoms with van der Waals surface area (Å²) in [7, 11) is 0. The standard InChI is InChI=1S/C18H22N2O6S/c1-12(2)26-10-3-8-19-17(22)15(16(18(19)23)27-11-9-21)13-4-6-14(7-5-13)20(24)25/h4-7,12,21H,3,8-11H2,1-2H3. The number of hydrogen-bond acceptors (Lipinski definition) is 7. The average molecular weight is 394 g/mol. The summed E-state index contributed by atoms with van der Waals surface area (Å²) < 4.78 is 5.45. The third-order valence-electron chi connectivity index (χ3n) is 3.81. The SMILES string of the molecule is CC(C)OCCCN1C(=O)C(SCCO)=C(c2ccc([N+](=O)[O-])cc2)C1=O. The maximum atomic E-state index is 12.8. The number of imide groups is 1. The molecule has 0 fully saturated rings. The van der Waals surface area contributed by atoms with Crippen molar-refractivity contribution in [1.82, 2.24) is 4.90 Å². The van der Waals surface area contributed by atoms with Gasteiger partial charge in [-0.2, -0.15) is 0 Å². The van der Waals surface area contributed by atoms with E-state index < -0.39 is 16.7 Å². The van der Waals surface area contributed by atoms with Gasteiger partial charge in [0.2, 0.25) is 0 Å². The normalized spacial score (nSPS) is 14.6. The summed E-state index contributed by atoms with van der Waals surface area (Å²) in [5.74, 6) is -0.565. The lowest BCUT2D eigenvalue weighted by Crippen LogP contribution is -2.33. The highest BCUT2D eigenvalue weighted by Gasteiger charge is 2.38. The fourth-order valence-electron chi connectivity index (χ4n) is 2.58. The lowest BCUT2D eigenvalue weighted by molar-refractivity contribution is -0.384. The lowest BCUT2D eigenvalue weighted by atomic mass is 10.1. The van der Waals surface area contributed by atoms with Crippen LogP contribution in [0.3, 0.4) is 0 Å². The van der Waals surface area contributed by atoms with E-state index in [2.05, 4.69) is 0 Å². The molecule has 0 aromatic heterocycles. The van der Waals surface area contributed by atoms with Crippen molar-refractivity contribution in [1.29, 1.82) is 0 Å². The quantitative estimate of drug-likeness (QED) is 0.280. The van der Waals surface area contributed by atoms with Crippen molar-refractivity contribution in [2.75, 3.05) is 25.5 Å². The summed E-state index contributed by atoms with van der Waals surface area (Å²) in [5, 5.41) is 19.9. The molecular weight excluding hydrogens is 372 g/mol. The van der Waals surface area contributed by atoms with Crippen LogP contribution in [0.4, 0.5) is 5.69 Å². The molecule has 0 atom stereocenters. The van der Waals surface area contributed by atoms with Gasteiger partial charge in [0.25, 0.3) is 17.5 Å². The van der Waals surface area contributed by atoms with Crippen LogP contribution in [0.1, 0.15) is 25.8 Å². The van der Waals surface area contributed by atoms with Crippen LogP contribution in [0.15, 0.2) is 29.2 Å². The van der Waals surface area contributed by atoms with Gasteiger partial charge in [0.15, 0.2) is 0 Å². The second-order valence-corrected chi connectivity index (χ2v) is 7.22. The summed E-state index contributed by atoms with van der Waals surface area (Å²) in [5.41, 5.74) is 0.571. The number of non-ortho nitro benzene ring substituents is 1.